The monoisotopic (exact) mass is 544 g/mol. The van der Waals surface area contributed by atoms with E-state index in [1.807, 2.05) is 29.8 Å². The van der Waals surface area contributed by atoms with Crippen LogP contribution in [0.5, 0.6) is 0 Å². The summed E-state index contributed by atoms with van der Waals surface area (Å²) in [6.07, 6.45) is 3.47. The molecule has 0 unspecified atom stereocenters. The minimum atomic E-state index is -4.34. The fraction of sp³-hybridized carbons (Fsp3) is 0.400. The second kappa shape index (κ2) is 10.6. The molecule has 4 atom stereocenters. The van der Waals surface area contributed by atoms with E-state index in [9.17, 15) is 18.3 Å². The van der Waals surface area contributed by atoms with E-state index < -0.39 is 16.4 Å². The second-order valence-electron chi connectivity index (χ2n) is 9.40. The minimum absolute atomic E-state index is 0.0860. The van der Waals surface area contributed by atoms with Crippen molar-refractivity contribution in [2.24, 2.45) is 5.92 Å². The first-order valence-corrected chi connectivity index (χ1v) is 14.3. The Labute approximate surface area is 219 Å². The first-order chi connectivity index (χ1) is 17.7. The van der Waals surface area contributed by atoms with Crippen LogP contribution in [-0.2, 0) is 21.5 Å². The molecule has 196 valence electrons. The van der Waals surface area contributed by atoms with E-state index in [1.165, 1.54) is 29.4 Å². The van der Waals surface area contributed by atoms with Crippen molar-refractivity contribution in [3.8, 4) is 0 Å². The van der Waals surface area contributed by atoms with Gasteiger partial charge in [-0.05, 0) is 48.9 Å². The zero-order valence-electron chi connectivity index (χ0n) is 20.1. The maximum Gasteiger partial charge on any atom is 0.333 e. The SMILES string of the molecule is Cc1sc(C(=O)c2cncnc2N[C@@H]2C[C@H](CNS(=O)(=O)O)[C@@H](O)C2)cc1[C@H]1OCCc2ccccc21. The second-order valence-corrected chi connectivity index (χ2v) is 11.9. The number of thiophene rings is 1. The largest absolute Gasteiger partial charge is 0.393 e. The minimum Gasteiger partial charge on any atom is -0.393 e. The van der Waals surface area contributed by atoms with Crippen molar-refractivity contribution in [1.29, 1.82) is 0 Å². The highest BCUT2D eigenvalue weighted by Crippen LogP contribution is 2.38. The normalized spacial score (nSPS) is 23.5. The Morgan fingerprint density at radius 3 is 2.86 bits per heavy atom. The summed E-state index contributed by atoms with van der Waals surface area (Å²) in [5.41, 5.74) is 3.66. The molecule has 10 nitrogen and oxygen atoms in total. The molecule has 1 saturated carbocycles. The maximum absolute atomic E-state index is 13.6. The van der Waals surface area contributed by atoms with Gasteiger partial charge in [0.25, 0.3) is 0 Å². The van der Waals surface area contributed by atoms with E-state index in [0.29, 0.717) is 35.7 Å². The molecule has 2 aromatic heterocycles. The van der Waals surface area contributed by atoms with Crippen LogP contribution in [-0.4, -0.2) is 59.1 Å². The summed E-state index contributed by atoms with van der Waals surface area (Å²) < 4.78 is 39.1. The average Bonchev–Trinajstić information content (AvgIpc) is 3.43. The van der Waals surface area contributed by atoms with Crippen LogP contribution in [0.4, 0.5) is 5.82 Å². The van der Waals surface area contributed by atoms with Crippen molar-refractivity contribution < 1.29 is 27.6 Å². The third-order valence-electron chi connectivity index (χ3n) is 6.94. The van der Waals surface area contributed by atoms with E-state index in [1.54, 1.807) is 0 Å². The Kier molecular flexibility index (Phi) is 7.39. The maximum atomic E-state index is 13.6. The molecule has 5 rings (SSSR count). The van der Waals surface area contributed by atoms with Crippen molar-refractivity contribution >= 4 is 33.2 Å². The van der Waals surface area contributed by atoms with Gasteiger partial charge in [0.05, 0.1) is 23.2 Å². The van der Waals surface area contributed by atoms with Crippen LogP contribution in [0.25, 0.3) is 0 Å². The lowest BCUT2D eigenvalue weighted by Gasteiger charge is -2.26. The van der Waals surface area contributed by atoms with Crippen molar-refractivity contribution in [2.45, 2.75) is 44.4 Å². The molecule has 0 amide bonds. The van der Waals surface area contributed by atoms with Crippen LogP contribution in [0.3, 0.4) is 0 Å². The first kappa shape index (κ1) is 25.9. The molecule has 1 fully saturated rings. The van der Waals surface area contributed by atoms with Gasteiger partial charge >= 0.3 is 10.3 Å². The number of carbonyl (C=O) groups excluding carboxylic acids is 1. The number of aromatic nitrogens is 2. The van der Waals surface area contributed by atoms with E-state index >= 15 is 0 Å². The Hall–Kier alpha value is -2.74. The summed E-state index contributed by atoms with van der Waals surface area (Å²) in [6.45, 7) is 2.52. The van der Waals surface area contributed by atoms with E-state index in [2.05, 4.69) is 27.4 Å². The lowest BCUT2D eigenvalue weighted by molar-refractivity contribution is 0.0697. The Morgan fingerprint density at radius 1 is 1.24 bits per heavy atom. The zero-order chi connectivity index (χ0) is 26.2. The standard InChI is InChI=1S/C25H28N4O6S2/c1-14-19(24-18-5-3-2-4-15(18)6-7-35-24)10-22(36-14)23(31)20-12-26-13-27-25(20)29-17-8-16(21(30)9-17)11-28-37(32,33)34/h2-5,10,12-13,16-17,21,24,28,30H,6-9,11H2,1H3,(H,26,27,29)(H,32,33,34)/t16-,17-,21+,24+/m1/s1. The van der Waals surface area contributed by atoms with Crippen LogP contribution in [0, 0.1) is 12.8 Å². The Bertz CT molecular complexity index is 1410. The number of anilines is 1. The van der Waals surface area contributed by atoms with Gasteiger partial charge in [0.1, 0.15) is 18.2 Å². The summed E-state index contributed by atoms with van der Waals surface area (Å²) in [5.74, 6) is -0.247. The van der Waals surface area contributed by atoms with Crippen LogP contribution >= 0.6 is 11.3 Å². The number of nitrogens with zero attached hydrogens (tertiary/aromatic N) is 2. The van der Waals surface area contributed by atoms with E-state index in [0.717, 1.165) is 22.4 Å². The lowest BCUT2D eigenvalue weighted by Crippen LogP contribution is -2.32. The van der Waals surface area contributed by atoms with Gasteiger partial charge in [0, 0.05) is 29.6 Å². The molecule has 4 N–H and O–H groups in total. The van der Waals surface area contributed by atoms with E-state index in [-0.39, 0.29) is 30.4 Å². The number of ether oxygens (including phenoxy) is 1. The molecule has 1 aromatic carbocycles. The number of ketones is 1. The molecule has 3 heterocycles. The van der Waals surface area contributed by atoms with Crippen LogP contribution in [0.2, 0.25) is 0 Å². The zero-order valence-corrected chi connectivity index (χ0v) is 21.8. The number of aliphatic hydroxyl groups excluding tert-OH is 1. The highest BCUT2D eigenvalue weighted by Gasteiger charge is 2.34. The topological polar surface area (TPSA) is 151 Å². The average molecular weight is 545 g/mol. The highest BCUT2D eigenvalue weighted by atomic mass is 32.2. The van der Waals surface area contributed by atoms with Gasteiger partial charge in [-0.15, -0.1) is 11.3 Å². The molecule has 1 aliphatic carbocycles. The van der Waals surface area contributed by atoms with Gasteiger partial charge < -0.3 is 15.2 Å². The molecule has 1 aliphatic heterocycles. The number of fused-ring (bicyclic) bond motifs is 1. The third kappa shape index (κ3) is 5.74. The number of aliphatic hydroxyl groups is 1. The summed E-state index contributed by atoms with van der Waals surface area (Å²) in [7, 11) is -4.34. The lowest BCUT2D eigenvalue weighted by atomic mass is 9.93. The van der Waals surface area contributed by atoms with Gasteiger partial charge in [-0.1, -0.05) is 24.3 Å². The quantitative estimate of drug-likeness (QED) is 0.248. The van der Waals surface area contributed by atoms with Crippen LogP contribution in [0.1, 0.15) is 55.7 Å². The molecular formula is C25H28N4O6S2. The molecule has 0 radical (unpaired) electrons. The number of nitrogens with one attached hydrogen (secondary N) is 2. The molecule has 0 bridgehead atoms. The molecule has 37 heavy (non-hydrogen) atoms. The number of aryl methyl sites for hydroxylation is 1. The fourth-order valence-electron chi connectivity index (χ4n) is 5.11. The number of rotatable bonds is 8. The van der Waals surface area contributed by atoms with Crippen molar-refractivity contribution in [1.82, 2.24) is 14.7 Å². The van der Waals surface area contributed by atoms with Crippen molar-refractivity contribution in [3.63, 3.8) is 0 Å². The van der Waals surface area contributed by atoms with Crippen LogP contribution < -0.4 is 10.0 Å². The Morgan fingerprint density at radius 2 is 2.05 bits per heavy atom. The Balaban J connectivity index is 1.34. The molecule has 2 aliphatic rings. The summed E-state index contributed by atoms with van der Waals surface area (Å²) in [4.78, 5) is 23.5. The van der Waals surface area contributed by atoms with Crippen molar-refractivity contribution in [3.05, 3.63) is 74.9 Å². The molecule has 0 spiro atoms. The van der Waals surface area contributed by atoms with Gasteiger partial charge in [-0.25, -0.2) is 9.97 Å². The fourth-order valence-corrected chi connectivity index (χ4v) is 6.54. The number of hydrogen-bond donors (Lipinski definition) is 4. The smallest absolute Gasteiger partial charge is 0.333 e. The summed E-state index contributed by atoms with van der Waals surface area (Å²) in [5, 5.41) is 13.6. The number of carbonyl (C=O) groups is 1. The van der Waals surface area contributed by atoms with Gasteiger partial charge in [0.2, 0.25) is 5.78 Å². The summed E-state index contributed by atoms with van der Waals surface area (Å²) >= 11 is 1.41. The number of benzene rings is 1. The molecule has 3 aromatic rings. The number of hydrogen-bond acceptors (Lipinski definition) is 9. The predicted octanol–water partition coefficient (Wildman–Crippen LogP) is 2.68. The van der Waals surface area contributed by atoms with Crippen LogP contribution in [0.15, 0.2) is 42.9 Å². The third-order valence-corrected chi connectivity index (χ3v) is 8.54. The first-order valence-electron chi connectivity index (χ1n) is 12.0. The molecule has 0 saturated heterocycles. The molecular weight excluding hydrogens is 516 g/mol. The van der Waals surface area contributed by atoms with E-state index in [4.69, 9.17) is 9.29 Å². The van der Waals surface area contributed by atoms with Gasteiger partial charge in [-0.2, -0.15) is 13.1 Å². The predicted molar refractivity (Wildman–Crippen MR) is 138 cm³/mol. The highest BCUT2D eigenvalue weighted by molar-refractivity contribution is 7.83. The van der Waals surface area contributed by atoms with Gasteiger partial charge in [-0.3, -0.25) is 9.35 Å². The molecule has 12 heteroatoms. The van der Waals surface area contributed by atoms with Crippen molar-refractivity contribution in [2.75, 3.05) is 18.5 Å². The van der Waals surface area contributed by atoms with Gasteiger partial charge in [0.15, 0.2) is 0 Å². The summed E-state index contributed by atoms with van der Waals surface area (Å²) in [6, 6.07) is 9.86.